The molecule has 0 fully saturated rings. The zero-order chi connectivity index (χ0) is 54.4. The van der Waals surface area contributed by atoms with Crippen molar-refractivity contribution in [2.24, 2.45) is 0 Å². The van der Waals surface area contributed by atoms with Gasteiger partial charge in [-0.3, -0.25) is 24.0 Å². The summed E-state index contributed by atoms with van der Waals surface area (Å²) in [6.07, 6.45) is 2.39. The van der Waals surface area contributed by atoms with Gasteiger partial charge in [0.25, 0.3) is 0 Å². The summed E-state index contributed by atoms with van der Waals surface area (Å²) in [5.41, 5.74) is 1.65. The van der Waals surface area contributed by atoms with E-state index < -0.39 is 5.97 Å². The second kappa shape index (κ2) is 52.3. The third-order valence-corrected chi connectivity index (χ3v) is 7.61. The van der Waals surface area contributed by atoms with Crippen LogP contribution in [0, 0.1) is 0 Å². The van der Waals surface area contributed by atoms with E-state index in [9.17, 15) is 28.8 Å². The lowest BCUT2D eigenvalue weighted by atomic mass is 10.2. The fourth-order valence-electron chi connectivity index (χ4n) is 4.22. The second-order valence-corrected chi connectivity index (χ2v) is 14.4. The van der Waals surface area contributed by atoms with E-state index in [1.165, 1.54) is 34.6 Å². The van der Waals surface area contributed by atoms with Crippen LogP contribution in [-0.4, -0.2) is 149 Å². The van der Waals surface area contributed by atoms with Crippen LogP contribution in [0.1, 0.15) is 84.2 Å². The van der Waals surface area contributed by atoms with Crippen LogP contribution in [0.3, 0.4) is 0 Å². The topological polar surface area (TPSA) is 241 Å². The summed E-state index contributed by atoms with van der Waals surface area (Å²) in [5.74, 6) is -1.35. The first-order chi connectivity index (χ1) is 35.2. The van der Waals surface area contributed by atoms with Gasteiger partial charge in [0, 0.05) is 41.2 Å². The first-order valence-electron chi connectivity index (χ1n) is 23.4. The van der Waals surface area contributed by atoms with E-state index in [4.69, 9.17) is 47.4 Å². The van der Waals surface area contributed by atoms with Gasteiger partial charge < -0.3 is 71.1 Å². The molecule has 412 valence electrons. The Morgan fingerprint density at radius 1 is 0.397 bits per heavy atom. The smallest absolute Gasteiger partial charge is 0.340 e. The maximum Gasteiger partial charge on any atom is 0.340 e. The first kappa shape index (κ1) is 69.0. The third-order valence-electron chi connectivity index (χ3n) is 7.61. The van der Waals surface area contributed by atoms with E-state index >= 15 is 0 Å². The number of unbranched alkanes of at least 4 members (excludes halogenated alkanes) is 1. The number of esters is 6. The maximum atomic E-state index is 11.5. The molecular weight excluding hydrogens is 961 g/mol. The van der Waals surface area contributed by atoms with Gasteiger partial charge in [-0.25, -0.2) is 4.79 Å². The van der Waals surface area contributed by atoms with Crippen LogP contribution in [-0.2, 0) is 96.9 Å². The minimum absolute atomic E-state index is 0.00989. The lowest BCUT2D eigenvalue weighted by molar-refractivity contribution is -0.157. The van der Waals surface area contributed by atoms with E-state index in [1.807, 2.05) is 80.6 Å². The highest BCUT2D eigenvalue weighted by Crippen LogP contribution is 2.07. The molecule has 73 heavy (non-hydrogen) atoms. The van der Waals surface area contributed by atoms with E-state index in [2.05, 4.69) is 30.6 Å². The fourth-order valence-corrected chi connectivity index (χ4v) is 4.22. The van der Waals surface area contributed by atoms with Crippen molar-refractivity contribution in [2.75, 3.05) is 107 Å². The van der Waals surface area contributed by atoms with Gasteiger partial charge in [0.15, 0.2) is 34.0 Å². The van der Waals surface area contributed by atoms with Gasteiger partial charge in [0.1, 0.15) is 19.0 Å². The van der Waals surface area contributed by atoms with Crippen LogP contribution in [0.2, 0.25) is 0 Å². The number of carbonyl (C=O) groups is 6. The van der Waals surface area contributed by atoms with Crippen LogP contribution in [0.15, 0.2) is 91.0 Å². The summed E-state index contributed by atoms with van der Waals surface area (Å²) in [7, 11) is 0. The summed E-state index contributed by atoms with van der Waals surface area (Å²) >= 11 is 0. The van der Waals surface area contributed by atoms with Gasteiger partial charge >= 0.3 is 35.8 Å². The van der Waals surface area contributed by atoms with Crippen LogP contribution in [0.5, 0.6) is 5.75 Å². The van der Waals surface area contributed by atoms with Gasteiger partial charge in [0.05, 0.1) is 71.1 Å². The SMILES string of the molecule is CC(=O)OCCOCOC(C)=O.CC(=O)OCOCCOCc1ccccc1.CC(=O)OCOCCOc1ccccc1.CC(C)OCCOCOC(=O)c1ccccc1.CCCCOCCOCOC(C)=O. The van der Waals surface area contributed by atoms with Crippen molar-refractivity contribution in [2.45, 2.75) is 80.9 Å². The van der Waals surface area contributed by atoms with Gasteiger partial charge in [-0.1, -0.05) is 80.1 Å². The second-order valence-electron chi connectivity index (χ2n) is 14.4. The van der Waals surface area contributed by atoms with Crippen molar-refractivity contribution in [3.8, 4) is 5.75 Å². The van der Waals surface area contributed by atoms with Crippen molar-refractivity contribution in [3.05, 3.63) is 102 Å². The highest BCUT2D eigenvalue weighted by atomic mass is 16.7. The Hall–Kier alpha value is -6.04. The number of carbonyl (C=O) groups excluding carboxylic acids is 6. The molecule has 0 saturated heterocycles. The Labute approximate surface area is 430 Å². The quantitative estimate of drug-likeness (QED) is 0.0258. The van der Waals surface area contributed by atoms with Gasteiger partial charge in [-0.05, 0) is 50.1 Å². The van der Waals surface area contributed by atoms with Crippen molar-refractivity contribution in [3.63, 3.8) is 0 Å². The van der Waals surface area contributed by atoms with Crippen molar-refractivity contribution in [1.29, 1.82) is 0 Å². The first-order valence-corrected chi connectivity index (χ1v) is 23.4. The largest absolute Gasteiger partial charge is 0.491 e. The molecule has 0 N–H and O–H groups in total. The molecule has 3 rings (SSSR count). The van der Waals surface area contributed by atoms with Crippen LogP contribution in [0.25, 0.3) is 0 Å². The number of rotatable bonds is 33. The Kier molecular flexibility index (Phi) is 49.4. The predicted octanol–water partition coefficient (Wildman–Crippen LogP) is 7.01. The van der Waals surface area contributed by atoms with E-state index in [0.717, 1.165) is 30.8 Å². The number of ether oxygens (including phenoxy) is 15. The molecule has 0 heterocycles. The van der Waals surface area contributed by atoms with E-state index in [-0.39, 0.29) is 83.1 Å². The molecule has 0 radical (unpaired) electrons. The molecule has 0 bridgehead atoms. The molecule has 0 aliphatic carbocycles. The van der Waals surface area contributed by atoms with Crippen molar-refractivity contribution >= 4 is 35.8 Å². The van der Waals surface area contributed by atoms with E-state index in [0.29, 0.717) is 65.0 Å². The normalized spacial score (nSPS) is 9.93. The third kappa shape index (κ3) is 56.7. The molecule has 0 aliphatic rings. The summed E-state index contributed by atoms with van der Waals surface area (Å²) in [4.78, 5) is 62.9. The highest BCUT2D eigenvalue weighted by molar-refractivity contribution is 5.89. The summed E-state index contributed by atoms with van der Waals surface area (Å²) in [6, 6.07) is 28.2. The molecule has 0 aromatic heterocycles. The molecular formula is C52H78O21. The highest BCUT2D eigenvalue weighted by Gasteiger charge is 2.05. The Bertz CT molecular complexity index is 1750. The molecule has 0 spiro atoms. The lowest BCUT2D eigenvalue weighted by Gasteiger charge is -2.08. The molecule has 21 heteroatoms. The minimum atomic E-state index is -0.400. The number of para-hydroxylation sites is 1. The number of hydrogen-bond donors (Lipinski definition) is 0. The molecule has 21 nitrogen and oxygen atoms in total. The van der Waals surface area contributed by atoms with Gasteiger partial charge in [-0.15, -0.1) is 0 Å². The Morgan fingerprint density at radius 3 is 1.23 bits per heavy atom. The molecule has 0 atom stereocenters. The van der Waals surface area contributed by atoms with Gasteiger partial charge in [0.2, 0.25) is 0 Å². The van der Waals surface area contributed by atoms with Crippen LogP contribution < -0.4 is 4.74 Å². The summed E-state index contributed by atoms with van der Waals surface area (Å²) in [5, 5.41) is 0. The minimum Gasteiger partial charge on any atom is -0.491 e. The van der Waals surface area contributed by atoms with Crippen LogP contribution >= 0.6 is 0 Å². The fraction of sp³-hybridized carbons (Fsp3) is 0.538. The molecule has 0 amide bonds. The lowest BCUT2D eigenvalue weighted by Crippen LogP contribution is -2.13. The molecule has 3 aromatic carbocycles. The number of hydrogen-bond acceptors (Lipinski definition) is 21. The molecule has 0 unspecified atom stereocenters. The summed E-state index contributed by atoms with van der Waals surface area (Å²) < 4.78 is 73.7. The zero-order valence-corrected chi connectivity index (χ0v) is 43.7. The Morgan fingerprint density at radius 2 is 0.781 bits per heavy atom. The van der Waals surface area contributed by atoms with Crippen molar-refractivity contribution in [1.82, 2.24) is 0 Å². The zero-order valence-electron chi connectivity index (χ0n) is 43.7. The monoisotopic (exact) mass is 1040 g/mol. The molecule has 0 saturated carbocycles. The van der Waals surface area contributed by atoms with Gasteiger partial charge in [-0.2, -0.15) is 0 Å². The van der Waals surface area contributed by atoms with Crippen LogP contribution in [0.4, 0.5) is 0 Å². The molecule has 3 aromatic rings. The average molecular weight is 1040 g/mol. The standard InChI is InChI=1S/C13H18O4.C12H16O4.C11H14O4.C9H18O4.C7H12O5/c1-11(2)16-9-8-15-10-17-13(14)12-6-4-3-5-7-12;1-11(13)16-10-15-8-7-14-9-12-5-3-2-4-6-12;1-10(12)15-9-13-7-8-14-11-5-3-2-4-6-11;1-3-4-5-11-6-7-12-8-13-9(2)10;1-6(8)11-4-3-10-5-12-7(2)9/h3-7,11H,8-10H2,1-2H3;2-6H,7-10H2,1H3;2-6H,7-9H2,1H3;3-8H2,1-2H3;3-5H2,1-2H3. The van der Waals surface area contributed by atoms with Crippen molar-refractivity contribution < 1.29 is 99.8 Å². The summed E-state index contributed by atoms with van der Waals surface area (Å²) in [6.45, 7) is 17.9. The molecule has 0 aliphatic heterocycles. The maximum absolute atomic E-state index is 11.5. The Balaban J connectivity index is 0. The number of benzene rings is 3. The predicted molar refractivity (Wildman–Crippen MR) is 264 cm³/mol. The van der Waals surface area contributed by atoms with E-state index in [1.54, 1.807) is 24.3 Å². The average Bonchev–Trinajstić information content (AvgIpc) is 3.36.